The summed E-state index contributed by atoms with van der Waals surface area (Å²) in [6.45, 7) is 3.93. The van der Waals surface area contributed by atoms with Crippen LogP contribution in [0.4, 0.5) is 10.1 Å². The van der Waals surface area contributed by atoms with Gasteiger partial charge in [-0.25, -0.2) is 18.9 Å². The maximum absolute atomic E-state index is 13.4. The van der Waals surface area contributed by atoms with Crippen molar-refractivity contribution in [2.24, 2.45) is 0 Å². The van der Waals surface area contributed by atoms with E-state index < -0.39 is 5.97 Å². The van der Waals surface area contributed by atoms with Crippen molar-refractivity contribution in [3.63, 3.8) is 0 Å². The van der Waals surface area contributed by atoms with E-state index in [1.54, 1.807) is 60.3 Å². The average Bonchev–Trinajstić information content (AvgIpc) is 3.30. The van der Waals surface area contributed by atoms with E-state index >= 15 is 0 Å². The van der Waals surface area contributed by atoms with Crippen molar-refractivity contribution in [1.82, 2.24) is 14.8 Å². The second-order valence-electron chi connectivity index (χ2n) is 8.36. The molecule has 0 radical (unpaired) electrons. The van der Waals surface area contributed by atoms with E-state index in [1.165, 1.54) is 12.1 Å². The molecular formula is C29H23FN4O3. The highest BCUT2D eigenvalue weighted by Gasteiger charge is 2.18. The number of halogens is 1. The lowest BCUT2D eigenvalue weighted by molar-refractivity contribution is 0.0526. The molecule has 0 unspecified atom stereocenters. The van der Waals surface area contributed by atoms with Gasteiger partial charge in [-0.05, 0) is 74.5 Å². The van der Waals surface area contributed by atoms with Crippen LogP contribution in [0.3, 0.4) is 0 Å². The van der Waals surface area contributed by atoms with Crippen LogP contribution in [0.15, 0.2) is 85.1 Å². The first kappa shape index (κ1) is 23.9. The Kier molecular flexibility index (Phi) is 6.47. The first-order valence-electron chi connectivity index (χ1n) is 11.7. The predicted molar refractivity (Wildman–Crippen MR) is 139 cm³/mol. The van der Waals surface area contributed by atoms with Gasteiger partial charge in [0.2, 0.25) is 0 Å². The third-order valence-electron chi connectivity index (χ3n) is 5.97. The summed E-state index contributed by atoms with van der Waals surface area (Å²) in [5.41, 5.74) is 4.92. The maximum Gasteiger partial charge on any atom is 0.338 e. The molecule has 5 rings (SSSR count). The summed E-state index contributed by atoms with van der Waals surface area (Å²) in [6, 6.07) is 21.8. The molecular weight excluding hydrogens is 471 g/mol. The van der Waals surface area contributed by atoms with Gasteiger partial charge in [0.25, 0.3) is 5.91 Å². The van der Waals surface area contributed by atoms with Gasteiger partial charge in [-0.2, -0.15) is 5.10 Å². The second kappa shape index (κ2) is 10.0. The number of pyridine rings is 1. The van der Waals surface area contributed by atoms with Gasteiger partial charge in [-0.1, -0.05) is 18.2 Å². The first-order valence-corrected chi connectivity index (χ1v) is 11.7. The molecule has 184 valence electrons. The quantitative estimate of drug-likeness (QED) is 0.294. The van der Waals surface area contributed by atoms with Crippen molar-refractivity contribution in [3.05, 3.63) is 108 Å². The third-order valence-corrected chi connectivity index (χ3v) is 5.97. The first-order chi connectivity index (χ1) is 17.9. The van der Waals surface area contributed by atoms with Crippen LogP contribution >= 0.6 is 0 Å². The monoisotopic (exact) mass is 494 g/mol. The smallest absolute Gasteiger partial charge is 0.338 e. The summed E-state index contributed by atoms with van der Waals surface area (Å²) in [7, 11) is 0. The van der Waals surface area contributed by atoms with Gasteiger partial charge in [0.1, 0.15) is 5.82 Å². The predicted octanol–water partition coefficient (Wildman–Crippen LogP) is 5.96. The summed E-state index contributed by atoms with van der Waals surface area (Å²) in [4.78, 5) is 30.1. The van der Waals surface area contributed by atoms with E-state index in [0.717, 1.165) is 16.9 Å². The van der Waals surface area contributed by atoms with Gasteiger partial charge in [-0.3, -0.25) is 4.79 Å². The standard InChI is InChI=1S/C29H23FN4O3/c1-3-37-29(36)19-8-12-21(13-9-19)32-28(35)24-16-27(33-26-7-5-4-6-23(24)26)25-17-31-34(18(25)2)22-14-10-20(30)11-15-22/h4-17H,3H2,1-2H3,(H,32,35). The van der Waals surface area contributed by atoms with Gasteiger partial charge in [0, 0.05) is 16.6 Å². The van der Waals surface area contributed by atoms with E-state index in [9.17, 15) is 14.0 Å². The molecule has 0 bridgehead atoms. The Labute approximate surface area is 212 Å². The molecule has 2 aromatic heterocycles. The summed E-state index contributed by atoms with van der Waals surface area (Å²) in [6.07, 6.45) is 1.69. The number of amides is 1. The molecule has 7 nitrogen and oxygen atoms in total. The van der Waals surface area contributed by atoms with Crippen molar-refractivity contribution in [3.8, 4) is 16.9 Å². The number of hydrogen-bond acceptors (Lipinski definition) is 5. The number of fused-ring (bicyclic) bond motifs is 1. The Morgan fingerprint density at radius 2 is 1.73 bits per heavy atom. The number of aromatic nitrogens is 3. The molecule has 0 aliphatic rings. The number of esters is 1. The zero-order chi connectivity index (χ0) is 25.9. The maximum atomic E-state index is 13.4. The molecule has 1 N–H and O–H groups in total. The number of nitrogens with one attached hydrogen (secondary N) is 1. The fourth-order valence-electron chi connectivity index (χ4n) is 4.11. The van der Waals surface area contributed by atoms with E-state index in [2.05, 4.69) is 10.4 Å². The lowest BCUT2D eigenvalue weighted by Gasteiger charge is -2.11. The number of benzene rings is 3. The van der Waals surface area contributed by atoms with Gasteiger partial charge in [0.05, 0.1) is 46.5 Å². The minimum atomic E-state index is -0.415. The van der Waals surface area contributed by atoms with Crippen LogP contribution in [0.25, 0.3) is 27.8 Å². The van der Waals surface area contributed by atoms with Gasteiger partial charge in [-0.15, -0.1) is 0 Å². The molecule has 0 saturated carbocycles. The third kappa shape index (κ3) is 4.81. The zero-order valence-electron chi connectivity index (χ0n) is 20.2. The summed E-state index contributed by atoms with van der Waals surface area (Å²) in [5.74, 6) is -1.05. The zero-order valence-corrected chi connectivity index (χ0v) is 20.2. The SMILES string of the molecule is CCOC(=O)c1ccc(NC(=O)c2cc(-c3cnn(-c4ccc(F)cc4)c3C)nc3ccccc23)cc1. The minimum absolute atomic E-state index is 0.289. The van der Waals surface area contributed by atoms with Crippen molar-refractivity contribution >= 4 is 28.5 Å². The fourth-order valence-corrected chi connectivity index (χ4v) is 4.11. The molecule has 0 saturated heterocycles. The molecule has 0 atom stereocenters. The lowest BCUT2D eigenvalue weighted by Crippen LogP contribution is -2.13. The van der Waals surface area contributed by atoms with Crippen molar-refractivity contribution < 1.29 is 18.7 Å². The molecule has 37 heavy (non-hydrogen) atoms. The molecule has 0 fully saturated rings. The van der Waals surface area contributed by atoms with Crippen LogP contribution in [0, 0.1) is 12.7 Å². The highest BCUT2D eigenvalue weighted by molar-refractivity contribution is 6.13. The molecule has 0 spiro atoms. The summed E-state index contributed by atoms with van der Waals surface area (Å²) >= 11 is 0. The van der Waals surface area contributed by atoms with Gasteiger partial charge >= 0.3 is 5.97 Å². The van der Waals surface area contributed by atoms with Crippen LogP contribution < -0.4 is 5.32 Å². The van der Waals surface area contributed by atoms with Crippen LogP contribution in [0.1, 0.15) is 33.3 Å². The number of nitrogens with zero attached hydrogens (tertiary/aromatic N) is 3. The van der Waals surface area contributed by atoms with Crippen molar-refractivity contribution in [1.29, 1.82) is 0 Å². The van der Waals surface area contributed by atoms with E-state index in [1.807, 2.05) is 31.2 Å². The van der Waals surface area contributed by atoms with E-state index in [4.69, 9.17) is 9.72 Å². The van der Waals surface area contributed by atoms with E-state index in [-0.39, 0.29) is 18.3 Å². The summed E-state index contributed by atoms with van der Waals surface area (Å²) in [5, 5.41) is 8.07. The normalized spacial score (nSPS) is 10.9. The molecule has 2 heterocycles. The van der Waals surface area contributed by atoms with Crippen molar-refractivity contribution in [2.45, 2.75) is 13.8 Å². The highest BCUT2D eigenvalue weighted by Crippen LogP contribution is 2.29. The Morgan fingerprint density at radius 1 is 1.00 bits per heavy atom. The van der Waals surface area contributed by atoms with Crippen LogP contribution in [0.5, 0.6) is 0 Å². The number of rotatable bonds is 6. The Balaban J connectivity index is 1.50. The molecule has 0 aliphatic heterocycles. The van der Waals surface area contributed by atoms with Crippen LogP contribution in [0.2, 0.25) is 0 Å². The topological polar surface area (TPSA) is 86.1 Å². The fraction of sp³-hybridized carbons (Fsp3) is 0.103. The molecule has 0 aliphatic carbocycles. The number of anilines is 1. The van der Waals surface area contributed by atoms with Crippen molar-refractivity contribution in [2.75, 3.05) is 11.9 Å². The summed E-state index contributed by atoms with van der Waals surface area (Å²) < 4.78 is 20.1. The number of carbonyl (C=O) groups is 2. The largest absolute Gasteiger partial charge is 0.462 e. The molecule has 8 heteroatoms. The number of ether oxygens (including phenoxy) is 1. The van der Waals surface area contributed by atoms with Gasteiger partial charge < -0.3 is 10.1 Å². The number of para-hydroxylation sites is 1. The average molecular weight is 495 g/mol. The second-order valence-corrected chi connectivity index (χ2v) is 8.36. The Bertz CT molecular complexity index is 1610. The molecule has 1 amide bonds. The Hall–Kier alpha value is -4.85. The van der Waals surface area contributed by atoms with Gasteiger partial charge in [0.15, 0.2) is 0 Å². The minimum Gasteiger partial charge on any atom is -0.462 e. The van der Waals surface area contributed by atoms with Crippen LogP contribution in [-0.2, 0) is 4.74 Å². The number of carbonyl (C=O) groups excluding carboxylic acids is 2. The molecule has 3 aromatic carbocycles. The highest BCUT2D eigenvalue weighted by atomic mass is 19.1. The van der Waals surface area contributed by atoms with Crippen LogP contribution in [-0.4, -0.2) is 33.2 Å². The Morgan fingerprint density at radius 3 is 2.46 bits per heavy atom. The van der Waals surface area contributed by atoms with E-state index in [0.29, 0.717) is 33.4 Å². The molecule has 5 aromatic rings. The lowest BCUT2D eigenvalue weighted by atomic mass is 10.0. The number of hydrogen-bond donors (Lipinski definition) is 1.